The molecule has 0 spiro atoms. The van der Waals surface area contributed by atoms with Crippen LogP contribution in [-0.4, -0.2) is 56.1 Å². The molecular formula is C13H23NO3S. The maximum absolute atomic E-state index is 9.87. The van der Waals surface area contributed by atoms with Crippen LogP contribution in [0.3, 0.4) is 0 Å². The van der Waals surface area contributed by atoms with Crippen LogP contribution >= 0.6 is 11.3 Å². The van der Waals surface area contributed by atoms with Crippen LogP contribution in [0, 0.1) is 0 Å². The number of thiophene rings is 1. The Hall–Kier alpha value is -0.460. The smallest absolute Gasteiger partial charge is 0.0900 e. The summed E-state index contributed by atoms with van der Waals surface area (Å²) in [5.41, 5.74) is 0. The Morgan fingerprint density at radius 2 is 2.28 bits per heavy atom. The lowest BCUT2D eigenvalue weighted by Crippen LogP contribution is -2.34. The maximum Gasteiger partial charge on any atom is 0.0900 e. The van der Waals surface area contributed by atoms with Gasteiger partial charge in [0.15, 0.2) is 0 Å². The standard InChI is InChI=1S/C13H23NO3S/c1-3-14(10-13-5-4-8-18-13)9-12(15)11-17-7-6-16-2/h4-5,8,12,15H,3,6-7,9-11H2,1-2H3. The summed E-state index contributed by atoms with van der Waals surface area (Å²) in [5, 5.41) is 12.0. The molecule has 1 atom stereocenters. The van der Waals surface area contributed by atoms with Gasteiger partial charge in [-0.3, -0.25) is 4.90 Å². The highest BCUT2D eigenvalue weighted by atomic mass is 32.1. The number of aliphatic hydroxyl groups excluding tert-OH is 1. The van der Waals surface area contributed by atoms with Crippen molar-refractivity contribution in [1.82, 2.24) is 4.90 Å². The predicted octanol–water partition coefficient (Wildman–Crippen LogP) is 1.59. The highest BCUT2D eigenvalue weighted by Gasteiger charge is 2.11. The van der Waals surface area contributed by atoms with Crippen LogP contribution in [0.2, 0.25) is 0 Å². The number of hydrogen-bond donors (Lipinski definition) is 1. The summed E-state index contributed by atoms with van der Waals surface area (Å²) in [4.78, 5) is 3.54. The monoisotopic (exact) mass is 273 g/mol. The largest absolute Gasteiger partial charge is 0.389 e. The van der Waals surface area contributed by atoms with Gasteiger partial charge in [0, 0.05) is 25.1 Å². The first kappa shape index (κ1) is 15.6. The van der Waals surface area contributed by atoms with Gasteiger partial charge in [0.25, 0.3) is 0 Å². The third-order valence-electron chi connectivity index (χ3n) is 2.62. The molecule has 1 N–H and O–H groups in total. The zero-order valence-electron chi connectivity index (χ0n) is 11.2. The lowest BCUT2D eigenvalue weighted by atomic mass is 10.3. The number of rotatable bonds is 10. The lowest BCUT2D eigenvalue weighted by Gasteiger charge is -2.22. The van der Waals surface area contributed by atoms with Crippen molar-refractivity contribution in [2.75, 3.05) is 40.0 Å². The van der Waals surface area contributed by atoms with Crippen LogP contribution in [0.5, 0.6) is 0 Å². The third-order valence-corrected chi connectivity index (χ3v) is 3.48. The van der Waals surface area contributed by atoms with E-state index < -0.39 is 6.10 Å². The summed E-state index contributed by atoms with van der Waals surface area (Å²) >= 11 is 1.75. The van der Waals surface area contributed by atoms with E-state index in [4.69, 9.17) is 9.47 Å². The Morgan fingerprint density at radius 1 is 1.44 bits per heavy atom. The molecule has 5 heteroatoms. The average molecular weight is 273 g/mol. The van der Waals surface area contributed by atoms with Crippen molar-refractivity contribution < 1.29 is 14.6 Å². The van der Waals surface area contributed by atoms with Gasteiger partial charge in [0.05, 0.1) is 25.9 Å². The molecule has 1 aromatic heterocycles. The summed E-state index contributed by atoms with van der Waals surface area (Å²) in [6, 6.07) is 4.17. The first-order chi connectivity index (χ1) is 8.76. The topological polar surface area (TPSA) is 41.9 Å². The van der Waals surface area contributed by atoms with Crippen molar-refractivity contribution in [2.45, 2.75) is 19.6 Å². The second kappa shape index (κ2) is 9.47. The van der Waals surface area contributed by atoms with Crippen molar-refractivity contribution in [3.63, 3.8) is 0 Å². The molecule has 0 fully saturated rings. The first-order valence-corrected chi connectivity index (χ1v) is 7.13. The average Bonchev–Trinajstić information content (AvgIpc) is 2.86. The highest BCUT2D eigenvalue weighted by molar-refractivity contribution is 7.09. The second-order valence-electron chi connectivity index (χ2n) is 4.13. The van der Waals surface area contributed by atoms with Crippen LogP contribution in [0.15, 0.2) is 17.5 Å². The van der Waals surface area contributed by atoms with Crippen molar-refractivity contribution in [1.29, 1.82) is 0 Å². The van der Waals surface area contributed by atoms with E-state index in [0.717, 1.165) is 13.1 Å². The van der Waals surface area contributed by atoms with Crippen molar-refractivity contribution in [3.05, 3.63) is 22.4 Å². The van der Waals surface area contributed by atoms with Crippen LogP contribution < -0.4 is 0 Å². The van der Waals surface area contributed by atoms with Gasteiger partial charge in [-0.05, 0) is 18.0 Å². The quantitative estimate of drug-likeness (QED) is 0.657. The molecule has 0 saturated carbocycles. The fourth-order valence-corrected chi connectivity index (χ4v) is 2.39. The fourth-order valence-electron chi connectivity index (χ4n) is 1.64. The molecule has 1 aromatic rings. The molecule has 0 aliphatic carbocycles. The number of methoxy groups -OCH3 is 1. The van der Waals surface area contributed by atoms with Gasteiger partial charge in [0.2, 0.25) is 0 Å². The van der Waals surface area contributed by atoms with E-state index in [1.54, 1.807) is 18.4 Å². The SMILES string of the molecule is CCN(Cc1cccs1)CC(O)COCCOC. The van der Waals surface area contributed by atoms with Crippen LogP contribution in [0.1, 0.15) is 11.8 Å². The Balaban J connectivity index is 2.20. The van der Waals surface area contributed by atoms with E-state index in [9.17, 15) is 5.11 Å². The molecule has 0 radical (unpaired) electrons. The zero-order valence-corrected chi connectivity index (χ0v) is 12.0. The fraction of sp³-hybridized carbons (Fsp3) is 0.692. The van der Waals surface area contributed by atoms with Gasteiger partial charge in [0.1, 0.15) is 0 Å². The minimum atomic E-state index is -0.443. The maximum atomic E-state index is 9.87. The minimum Gasteiger partial charge on any atom is -0.389 e. The first-order valence-electron chi connectivity index (χ1n) is 6.25. The van der Waals surface area contributed by atoms with E-state index in [1.807, 2.05) is 0 Å². The van der Waals surface area contributed by atoms with Gasteiger partial charge in [-0.2, -0.15) is 0 Å². The summed E-state index contributed by atoms with van der Waals surface area (Å²) in [6.07, 6.45) is -0.443. The number of nitrogens with zero attached hydrogens (tertiary/aromatic N) is 1. The molecule has 0 bridgehead atoms. The van der Waals surface area contributed by atoms with E-state index in [-0.39, 0.29) is 0 Å². The molecule has 0 saturated heterocycles. The van der Waals surface area contributed by atoms with E-state index >= 15 is 0 Å². The van der Waals surface area contributed by atoms with Crippen molar-refractivity contribution in [2.24, 2.45) is 0 Å². The predicted molar refractivity (Wildman–Crippen MR) is 74.0 cm³/mol. The molecule has 104 valence electrons. The summed E-state index contributed by atoms with van der Waals surface area (Å²) in [5.74, 6) is 0. The Bertz CT molecular complexity index is 292. The van der Waals surface area contributed by atoms with Gasteiger partial charge in [-0.1, -0.05) is 13.0 Å². The summed E-state index contributed by atoms with van der Waals surface area (Å²) in [7, 11) is 1.64. The lowest BCUT2D eigenvalue weighted by molar-refractivity contribution is -0.000805. The van der Waals surface area contributed by atoms with Gasteiger partial charge < -0.3 is 14.6 Å². The Morgan fingerprint density at radius 3 is 2.89 bits per heavy atom. The van der Waals surface area contributed by atoms with Crippen molar-refractivity contribution >= 4 is 11.3 Å². The molecule has 0 aliphatic heterocycles. The zero-order chi connectivity index (χ0) is 13.2. The molecule has 1 heterocycles. The third kappa shape index (κ3) is 6.47. The highest BCUT2D eigenvalue weighted by Crippen LogP contribution is 2.11. The summed E-state index contributed by atoms with van der Waals surface area (Å²) < 4.78 is 10.2. The van der Waals surface area contributed by atoms with Crippen LogP contribution in [-0.2, 0) is 16.0 Å². The molecule has 1 unspecified atom stereocenters. The van der Waals surface area contributed by atoms with E-state index in [2.05, 4.69) is 29.3 Å². The van der Waals surface area contributed by atoms with E-state index in [1.165, 1.54) is 4.88 Å². The normalized spacial score (nSPS) is 13.1. The number of ether oxygens (including phenoxy) is 2. The van der Waals surface area contributed by atoms with Crippen LogP contribution in [0.25, 0.3) is 0 Å². The number of likely N-dealkylation sites (N-methyl/N-ethyl adjacent to an activating group) is 1. The molecule has 1 rings (SSSR count). The van der Waals surface area contributed by atoms with Gasteiger partial charge in [-0.25, -0.2) is 0 Å². The number of aliphatic hydroxyl groups is 1. The molecule has 18 heavy (non-hydrogen) atoms. The molecule has 0 aromatic carbocycles. The van der Waals surface area contributed by atoms with E-state index in [0.29, 0.717) is 26.4 Å². The van der Waals surface area contributed by atoms with Gasteiger partial charge >= 0.3 is 0 Å². The Labute approximate surface area is 113 Å². The molecule has 0 aliphatic rings. The molecule has 0 amide bonds. The number of hydrogen-bond acceptors (Lipinski definition) is 5. The van der Waals surface area contributed by atoms with Gasteiger partial charge in [-0.15, -0.1) is 11.3 Å². The van der Waals surface area contributed by atoms with Crippen LogP contribution in [0.4, 0.5) is 0 Å². The molecule has 4 nitrogen and oxygen atoms in total. The molecular weight excluding hydrogens is 250 g/mol. The van der Waals surface area contributed by atoms with Crippen molar-refractivity contribution in [3.8, 4) is 0 Å². The second-order valence-corrected chi connectivity index (χ2v) is 5.16. The Kier molecular flexibility index (Phi) is 8.20. The summed E-state index contributed by atoms with van der Waals surface area (Å²) in [6.45, 7) is 6.03. The minimum absolute atomic E-state index is 0.365.